The third-order valence-electron chi connectivity index (χ3n) is 6.20. The third-order valence-corrected chi connectivity index (χ3v) is 7.27. The van der Waals surface area contributed by atoms with Gasteiger partial charge in [0.1, 0.15) is 22.9 Å². The minimum absolute atomic E-state index is 0.184. The third kappa shape index (κ3) is 3.89. The van der Waals surface area contributed by atoms with Gasteiger partial charge in [0.2, 0.25) is 5.91 Å². The first-order valence-electron chi connectivity index (χ1n) is 10.2. The fourth-order valence-corrected chi connectivity index (χ4v) is 5.25. The van der Waals surface area contributed by atoms with Crippen LogP contribution in [0.2, 0.25) is 0 Å². The van der Waals surface area contributed by atoms with Crippen LogP contribution in [0.3, 0.4) is 0 Å². The molecule has 0 N–H and O–H groups in total. The monoisotopic (exact) mass is 487 g/mol. The molecule has 5 rings (SSSR count). The second kappa shape index (κ2) is 7.85. The summed E-state index contributed by atoms with van der Waals surface area (Å²) in [6.45, 7) is 0.734. The highest BCUT2D eigenvalue weighted by atomic mass is 32.1. The lowest BCUT2D eigenvalue weighted by atomic mass is 9.77. The highest BCUT2D eigenvalue weighted by Gasteiger charge is 2.49. The number of carbonyl (C=O) groups is 1. The zero-order chi connectivity index (χ0) is 23.4. The van der Waals surface area contributed by atoms with Crippen LogP contribution in [-0.2, 0) is 17.5 Å². The quantitative estimate of drug-likeness (QED) is 0.524. The number of rotatable bonds is 4. The summed E-state index contributed by atoms with van der Waals surface area (Å²) < 4.78 is 65.3. The Kier molecular flexibility index (Phi) is 5.21. The van der Waals surface area contributed by atoms with E-state index in [1.807, 2.05) is 4.90 Å². The minimum atomic E-state index is -4.54. The molecule has 0 radical (unpaired) electrons. The number of alkyl halides is 5. The van der Waals surface area contributed by atoms with Crippen molar-refractivity contribution in [2.75, 3.05) is 29.4 Å². The summed E-state index contributed by atoms with van der Waals surface area (Å²) in [5, 5.41) is 3.14. The predicted octanol–water partition coefficient (Wildman–Crippen LogP) is 3.59. The highest BCUT2D eigenvalue weighted by molar-refractivity contribution is 7.16. The number of piperidine rings is 1. The van der Waals surface area contributed by atoms with Crippen LogP contribution in [-0.4, -0.2) is 56.7 Å². The van der Waals surface area contributed by atoms with E-state index in [1.54, 1.807) is 6.20 Å². The lowest BCUT2D eigenvalue weighted by Crippen LogP contribution is -2.45. The Balaban J connectivity index is 1.30. The van der Waals surface area contributed by atoms with Crippen LogP contribution >= 0.6 is 11.3 Å². The summed E-state index contributed by atoms with van der Waals surface area (Å²) in [4.78, 5) is 28.6. The molecule has 0 aromatic carbocycles. The summed E-state index contributed by atoms with van der Waals surface area (Å²) in [5.74, 6) is 0.323. The molecular weight excluding hydrogens is 469 g/mol. The molecule has 2 fully saturated rings. The van der Waals surface area contributed by atoms with Crippen LogP contribution in [0.1, 0.15) is 24.3 Å². The molecule has 176 valence electrons. The number of anilines is 2. The summed E-state index contributed by atoms with van der Waals surface area (Å²) in [5.41, 5.74) is 0.0348. The largest absolute Gasteiger partial charge is 0.443 e. The van der Waals surface area contributed by atoms with Gasteiger partial charge in [0.05, 0.1) is 24.0 Å². The Bertz CT molecular complexity index is 1180. The highest BCUT2D eigenvalue weighted by Crippen LogP contribution is 2.45. The number of hydrogen-bond donors (Lipinski definition) is 0. The topological polar surface area (TPSA) is 80.0 Å². The van der Waals surface area contributed by atoms with Crippen molar-refractivity contribution >= 4 is 39.2 Å². The van der Waals surface area contributed by atoms with Gasteiger partial charge in [-0.1, -0.05) is 11.3 Å². The van der Waals surface area contributed by atoms with Crippen LogP contribution in [0.15, 0.2) is 18.6 Å². The Morgan fingerprint density at radius 2 is 1.79 bits per heavy atom. The first kappa shape index (κ1) is 21.9. The van der Waals surface area contributed by atoms with Crippen LogP contribution < -0.4 is 9.80 Å². The molecule has 5 heterocycles. The molecule has 14 heteroatoms. The molecular formula is C19H18F5N7OS. The second-order valence-electron chi connectivity index (χ2n) is 8.13. The van der Waals surface area contributed by atoms with Crippen LogP contribution in [0.25, 0.3) is 11.2 Å². The number of amides is 1. The maximum absolute atomic E-state index is 13.2. The number of fused-ring (bicyclic) bond motifs is 1. The average molecular weight is 487 g/mol. The fourth-order valence-electron chi connectivity index (χ4n) is 4.44. The molecule has 2 saturated heterocycles. The summed E-state index contributed by atoms with van der Waals surface area (Å²) in [6, 6.07) is 0. The second-order valence-corrected chi connectivity index (χ2v) is 9.14. The van der Waals surface area contributed by atoms with Crippen molar-refractivity contribution < 1.29 is 26.7 Å². The van der Waals surface area contributed by atoms with E-state index in [0.717, 1.165) is 10.9 Å². The van der Waals surface area contributed by atoms with E-state index in [2.05, 4.69) is 20.1 Å². The maximum atomic E-state index is 13.2. The minimum Gasteiger partial charge on any atom is -0.355 e. The summed E-state index contributed by atoms with van der Waals surface area (Å²) >= 11 is 0.472. The molecule has 0 unspecified atom stereocenters. The van der Waals surface area contributed by atoms with E-state index in [-0.39, 0.29) is 16.6 Å². The molecule has 33 heavy (non-hydrogen) atoms. The Hall–Kier alpha value is -2.90. The lowest BCUT2D eigenvalue weighted by Gasteiger charge is -2.38. The van der Waals surface area contributed by atoms with Gasteiger partial charge in [0, 0.05) is 19.6 Å². The van der Waals surface area contributed by atoms with Gasteiger partial charge in [0.15, 0.2) is 10.7 Å². The van der Waals surface area contributed by atoms with Gasteiger partial charge in [-0.3, -0.25) is 4.79 Å². The Morgan fingerprint density at radius 3 is 2.45 bits per heavy atom. The molecule has 3 aromatic heterocycles. The van der Waals surface area contributed by atoms with E-state index in [1.165, 1.54) is 11.1 Å². The SMILES string of the molecule is O=C1N(c2cnc(C(F)(F)F)s2)CCC12CCN(c1cnc3cnn(CC(F)F)c3n1)CC2. The van der Waals surface area contributed by atoms with E-state index < -0.39 is 29.6 Å². The standard InChI is InChI=1S/C19H18F5N7OS/c20-12(21)10-31-15-11(7-27-31)25-8-13(28-15)29-4-1-18(2-5-29)3-6-30(17(18)32)14-9-26-16(33-14)19(22,23)24/h7-9,12H,1-6,10H2. The first-order chi connectivity index (χ1) is 15.7. The van der Waals surface area contributed by atoms with E-state index in [4.69, 9.17) is 0 Å². The maximum Gasteiger partial charge on any atom is 0.443 e. The van der Waals surface area contributed by atoms with Crippen molar-refractivity contribution in [2.45, 2.75) is 38.4 Å². The van der Waals surface area contributed by atoms with E-state index in [9.17, 15) is 26.7 Å². The van der Waals surface area contributed by atoms with Gasteiger partial charge in [0.25, 0.3) is 6.43 Å². The smallest absolute Gasteiger partial charge is 0.355 e. The molecule has 0 atom stereocenters. The molecule has 1 spiro atoms. The molecule has 3 aromatic rings. The van der Waals surface area contributed by atoms with Gasteiger partial charge in [-0.15, -0.1) is 0 Å². The van der Waals surface area contributed by atoms with Gasteiger partial charge in [-0.05, 0) is 19.3 Å². The van der Waals surface area contributed by atoms with Crippen molar-refractivity contribution in [1.82, 2.24) is 24.7 Å². The number of carbonyl (C=O) groups excluding carboxylic acids is 1. The molecule has 2 aliphatic rings. The van der Waals surface area contributed by atoms with Crippen molar-refractivity contribution in [1.29, 1.82) is 0 Å². The predicted molar refractivity (Wildman–Crippen MR) is 109 cm³/mol. The summed E-state index contributed by atoms with van der Waals surface area (Å²) in [6.07, 6.45) is -1.52. The van der Waals surface area contributed by atoms with Crippen molar-refractivity contribution in [3.05, 3.63) is 23.6 Å². The molecule has 0 bridgehead atoms. The Labute approximate surface area is 188 Å². The van der Waals surface area contributed by atoms with Crippen molar-refractivity contribution in [3.63, 3.8) is 0 Å². The zero-order valence-corrected chi connectivity index (χ0v) is 17.9. The van der Waals surface area contributed by atoms with Gasteiger partial charge < -0.3 is 9.80 Å². The lowest BCUT2D eigenvalue weighted by molar-refractivity contribution is -0.137. The number of nitrogens with zero attached hydrogens (tertiary/aromatic N) is 7. The molecule has 0 saturated carbocycles. The molecule has 0 aliphatic carbocycles. The van der Waals surface area contributed by atoms with Crippen LogP contribution in [0.4, 0.5) is 32.8 Å². The van der Waals surface area contributed by atoms with Crippen LogP contribution in [0, 0.1) is 5.41 Å². The molecule has 2 aliphatic heterocycles. The van der Waals surface area contributed by atoms with Crippen molar-refractivity contribution in [2.24, 2.45) is 5.41 Å². The van der Waals surface area contributed by atoms with Crippen molar-refractivity contribution in [3.8, 4) is 0 Å². The van der Waals surface area contributed by atoms with Gasteiger partial charge in [-0.2, -0.15) is 18.3 Å². The number of halogens is 5. The first-order valence-corrected chi connectivity index (χ1v) is 11.0. The molecule has 1 amide bonds. The average Bonchev–Trinajstić information content (AvgIpc) is 3.48. The normalized spacial score (nSPS) is 18.9. The fraction of sp³-hybridized carbons (Fsp3) is 0.526. The van der Waals surface area contributed by atoms with Gasteiger partial charge in [-0.25, -0.2) is 28.4 Å². The molecule has 8 nitrogen and oxygen atoms in total. The number of thiazole rings is 1. The van der Waals surface area contributed by atoms with Crippen LogP contribution in [0.5, 0.6) is 0 Å². The van der Waals surface area contributed by atoms with Gasteiger partial charge >= 0.3 is 6.18 Å². The Morgan fingerprint density at radius 1 is 1.06 bits per heavy atom. The van der Waals surface area contributed by atoms with E-state index in [0.29, 0.717) is 61.6 Å². The van der Waals surface area contributed by atoms with E-state index >= 15 is 0 Å². The zero-order valence-electron chi connectivity index (χ0n) is 17.1. The number of aromatic nitrogens is 5. The number of hydrogen-bond acceptors (Lipinski definition) is 7. The summed E-state index contributed by atoms with van der Waals surface area (Å²) in [7, 11) is 0.